The van der Waals surface area contributed by atoms with Gasteiger partial charge in [0.05, 0.1) is 24.5 Å². The molecule has 0 spiro atoms. The number of esters is 1. The topological polar surface area (TPSA) is 75.7 Å². The summed E-state index contributed by atoms with van der Waals surface area (Å²) in [7, 11) is 1.32. The lowest BCUT2D eigenvalue weighted by Gasteiger charge is -2.21. The third-order valence-electron chi connectivity index (χ3n) is 4.91. The van der Waals surface area contributed by atoms with Crippen LogP contribution in [0.4, 0.5) is 11.4 Å². The Kier molecular flexibility index (Phi) is 5.78. The molecule has 2 aromatic rings. The summed E-state index contributed by atoms with van der Waals surface area (Å²) in [6.45, 7) is 4.48. The molecule has 2 unspecified atom stereocenters. The Morgan fingerprint density at radius 2 is 1.82 bits per heavy atom. The van der Waals surface area contributed by atoms with Gasteiger partial charge in [-0.1, -0.05) is 12.1 Å². The number of nitrogens with one attached hydrogen (secondary N) is 1. The fourth-order valence-corrected chi connectivity index (χ4v) is 3.26. The first-order valence-electron chi connectivity index (χ1n) is 9.32. The van der Waals surface area contributed by atoms with Gasteiger partial charge in [0.1, 0.15) is 0 Å². The zero-order valence-corrected chi connectivity index (χ0v) is 16.3. The maximum Gasteiger partial charge on any atom is 0.337 e. The van der Waals surface area contributed by atoms with E-state index in [1.165, 1.54) is 7.11 Å². The standard InChI is InChI=1S/C22H24N2O4/c1-4-24(17-7-5-6-14(2)12-17)21(26)19-13-18(19)20(25)23-16-10-8-15(9-11-16)22(27)28-3/h5-12,18-19H,4,13H2,1-3H3,(H,23,25). The molecular formula is C22H24N2O4. The third kappa shape index (κ3) is 4.22. The highest BCUT2D eigenvalue weighted by Gasteiger charge is 2.49. The van der Waals surface area contributed by atoms with Gasteiger partial charge >= 0.3 is 5.97 Å². The molecule has 0 radical (unpaired) electrons. The molecule has 0 aliphatic heterocycles. The Labute approximate surface area is 164 Å². The molecule has 1 aliphatic rings. The van der Waals surface area contributed by atoms with Crippen molar-refractivity contribution in [3.8, 4) is 0 Å². The summed E-state index contributed by atoms with van der Waals surface area (Å²) in [5, 5.41) is 2.82. The van der Waals surface area contributed by atoms with E-state index in [0.29, 0.717) is 24.2 Å². The Bertz CT molecular complexity index is 892. The number of nitrogens with zero attached hydrogens (tertiary/aromatic N) is 1. The van der Waals surface area contributed by atoms with E-state index < -0.39 is 5.97 Å². The summed E-state index contributed by atoms with van der Waals surface area (Å²) in [6.07, 6.45) is 0.549. The molecule has 2 amide bonds. The Morgan fingerprint density at radius 3 is 2.43 bits per heavy atom. The molecule has 28 heavy (non-hydrogen) atoms. The molecule has 1 fully saturated rings. The maximum absolute atomic E-state index is 12.9. The molecular weight excluding hydrogens is 356 g/mol. The van der Waals surface area contributed by atoms with Crippen LogP contribution in [-0.2, 0) is 14.3 Å². The highest BCUT2D eigenvalue weighted by molar-refractivity contribution is 6.04. The van der Waals surface area contributed by atoms with Gasteiger partial charge in [0.2, 0.25) is 11.8 Å². The molecule has 2 atom stereocenters. The minimum absolute atomic E-state index is 0.0192. The summed E-state index contributed by atoms with van der Waals surface area (Å²) in [5.41, 5.74) is 2.94. The Morgan fingerprint density at radius 1 is 1.11 bits per heavy atom. The minimum atomic E-state index is -0.429. The van der Waals surface area contributed by atoms with Crippen LogP contribution in [0.2, 0.25) is 0 Å². The van der Waals surface area contributed by atoms with Crippen LogP contribution in [0, 0.1) is 18.8 Å². The normalized spacial score (nSPS) is 17.5. The molecule has 2 aromatic carbocycles. The molecule has 1 saturated carbocycles. The predicted molar refractivity (Wildman–Crippen MR) is 107 cm³/mol. The van der Waals surface area contributed by atoms with Gasteiger partial charge in [0, 0.05) is 17.9 Å². The minimum Gasteiger partial charge on any atom is -0.465 e. The largest absolute Gasteiger partial charge is 0.465 e. The first-order chi connectivity index (χ1) is 13.4. The maximum atomic E-state index is 12.9. The molecule has 0 saturated heterocycles. The van der Waals surface area contributed by atoms with E-state index in [9.17, 15) is 14.4 Å². The van der Waals surface area contributed by atoms with Crippen LogP contribution < -0.4 is 10.2 Å². The number of benzene rings is 2. The van der Waals surface area contributed by atoms with E-state index >= 15 is 0 Å². The summed E-state index contributed by atoms with van der Waals surface area (Å²) >= 11 is 0. The number of aryl methyl sites for hydroxylation is 1. The van der Waals surface area contributed by atoms with Gasteiger partial charge in [0.15, 0.2) is 0 Å². The number of rotatable bonds is 6. The Hall–Kier alpha value is -3.15. The van der Waals surface area contributed by atoms with Crippen LogP contribution in [0.3, 0.4) is 0 Å². The molecule has 0 heterocycles. The van der Waals surface area contributed by atoms with Crippen LogP contribution in [0.15, 0.2) is 48.5 Å². The van der Waals surface area contributed by atoms with Crippen LogP contribution in [0.1, 0.15) is 29.3 Å². The van der Waals surface area contributed by atoms with Gasteiger partial charge in [0.25, 0.3) is 0 Å². The average Bonchev–Trinajstić information content (AvgIpc) is 3.49. The van der Waals surface area contributed by atoms with Gasteiger partial charge < -0.3 is 15.0 Å². The van der Waals surface area contributed by atoms with Gasteiger partial charge in [-0.3, -0.25) is 9.59 Å². The van der Waals surface area contributed by atoms with E-state index in [0.717, 1.165) is 11.3 Å². The average molecular weight is 380 g/mol. The number of amides is 2. The lowest BCUT2D eigenvalue weighted by Crippen LogP contribution is -2.33. The van der Waals surface area contributed by atoms with Crippen LogP contribution in [0.5, 0.6) is 0 Å². The first kappa shape index (κ1) is 19.6. The van der Waals surface area contributed by atoms with E-state index in [1.807, 2.05) is 38.1 Å². The van der Waals surface area contributed by atoms with Crippen molar-refractivity contribution in [1.82, 2.24) is 0 Å². The second-order valence-corrected chi connectivity index (χ2v) is 6.93. The van der Waals surface area contributed by atoms with Gasteiger partial charge in [-0.2, -0.15) is 0 Å². The molecule has 3 rings (SSSR count). The van der Waals surface area contributed by atoms with Crippen LogP contribution in [-0.4, -0.2) is 31.4 Å². The lowest BCUT2D eigenvalue weighted by atomic mass is 10.1. The van der Waals surface area contributed by atoms with Crippen molar-refractivity contribution in [2.75, 3.05) is 23.9 Å². The SMILES string of the molecule is CCN(C(=O)C1CC1C(=O)Nc1ccc(C(=O)OC)cc1)c1cccc(C)c1. The predicted octanol–water partition coefficient (Wildman–Crippen LogP) is 3.41. The second kappa shape index (κ2) is 8.25. The summed E-state index contributed by atoms with van der Waals surface area (Å²) in [5.74, 6) is -1.25. The zero-order valence-electron chi connectivity index (χ0n) is 16.3. The molecule has 1 N–H and O–H groups in total. The molecule has 6 heteroatoms. The second-order valence-electron chi connectivity index (χ2n) is 6.93. The van der Waals surface area contributed by atoms with E-state index in [4.69, 9.17) is 0 Å². The quantitative estimate of drug-likeness (QED) is 0.779. The zero-order chi connectivity index (χ0) is 20.3. The summed E-state index contributed by atoms with van der Waals surface area (Å²) in [4.78, 5) is 38.5. The number of ether oxygens (including phenoxy) is 1. The number of carbonyl (C=O) groups is 3. The first-order valence-corrected chi connectivity index (χ1v) is 9.32. The van der Waals surface area contributed by atoms with Gasteiger partial charge in [-0.15, -0.1) is 0 Å². The highest BCUT2D eigenvalue weighted by atomic mass is 16.5. The number of anilines is 2. The van der Waals surface area contributed by atoms with Gasteiger partial charge in [-0.05, 0) is 62.2 Å². The Balaban J connectivity index is 1.61. The highest BCUT2D eigenvalue weighted by Crippen LogP contribution is 2.41. The molecule has 0 bridgehead atoms. The van der Waals surface area contributed by atoms with E-state index in [2.05, 4.69) is 10.1 Å². The van der Waals surface area contributed by atoms with Crippen molar-refractivity contribution in [3.63, 3.8) is 0 Å². The van der Waals surface area contributed by atoms with Gasteiger partial charge in [-0.25, -0.2) is 4.79 Å². The van der Waals surface area contributed by atoms with E-state index in [-0.39, 0.29) is 23.7 Å². The van der Waals surface area contributed by atoms with Crippen molar-refractivity contribution < 1.29 is 19.1 Å². The van der Waals surface area contributed by atoms with Crippen LogP contribution in [0.25, 0.3) is 0 Å². The van der Waals surface area contributed by atoms with Crippen LogP contribution >= 0.6 is 0 Å². The fourth-order valence-electron chi connectivity index (χ4n) is 3.26. The molecule has 146 valence electrons. The molecule has 6 nitrogen and oxygen atoms in total. The van der Waals surface area contributed by atoms with E-state index in [1.54, 1.807) is 29.2 Å². The number of carbonyl (C=O) groups excluding carboxylic acids is 3. The number of hydrogen-bond donors (Lipinski definition) is 1. The lowest BCUT2D eigenvalue weighted by molar-refractivity contribution is -0.123. The monoisotopic (exact) mass is 380 g/mol. The van der Waals surface area contributed by atoms with Crippen molar-refractivity contribution in [2.24, 2.45) is 11.8 Å². The third-order valence-corrected chi connectivity index (χ3v) is 4.91. The fraction of sp³-hybridized carbons (Fsp3) is 0.318. The summed E-state index contributed by atoms with van der Waals surface area (Å²) < 4.78 is 4.65. The van der Waals surface area contributed by atoms with Crippen molar-refractivity contribution in [3.05, 3.63) is 59.7 Å². The molecule has 0 aromatic heterocycles. The van der Waals surface area contributed by atoms with Crippen molar-refractivity contribution in [1.29, 1.82) is 0 Å². The van der Waals surface area contributed by atoms with Crippen molar-refractivity contribution in [2.45, 2.75) is 20.3 Å². The molecule has 1 aliphatic carbocycles. The van der Waals surface area contributed by atoms with Crippen molar-refractivity contribution >= 4 is 29.2 Å². The smallest absolute Gasteiger partial charge is 0.337 e. The number of methoxy groups -OCH3 is 1. The number of hydrogen-bond acceptors (Lipinski definition) is 4. The summed E-state index contributed by atoms with van der Waals surface area (Å²) in [6, 6.07) is 14.3.